The molecule has 3 rings (SSSR count). The third-order valence-electron chi connectivity index (χ3n) is 3.92. The smallest absolute Gasteiger partial charge is 0.257 e. The second kappa shape index (κ2) is 6.43. The van der Waals surface area contributed by atoms with E-state index in [0.717, 1.165) is 17.9 Å². The molecule has 0 bridgehead atoms. The minimum atomic E-state index is -0.247. The Hall–Kier alpha value is -2.70. The molecule has 1 atom stereocenters. The zero-order valence-corrected chi connectivity index (χ0v) is 14.3. The summed E-state index contributed by atoms with van der Waals surface area (Å²) in [6.45, 7) is 7.71. The summed E-state index contributed by atoms with van der Waals surface area (Å²) < 4.78 is 7.00. The van der Waals surface area contributed by atoms with Crippen molar-refractivity contribution in [3.63, 3.8) is 0 Å². The van der Waals surface area contributed by atoms with Crippen LogP contribution in [0.15, 0.2) is 28.9 Å². The van der Waals surface area contributed by atoms with Crippen LogP contribution in [-0.2, 0) is 0 Å². The molecule has 7 nitrogen and oxygen atoms in total. The summed E-state index contributed by atoms with van der Waals surface area (Å²) >= 11 is 0. The van der Waals surface area contributed by atoms with Crippen LogP contribution in [0.5, 0.6) is 0 Å². The highest BCUT2D eigenvalue weighted by molar-refractivity contribution is 5.96. The summed E-state index contributed by atoms with van der Waals surface area (Å²) in [6.07, 6.45) is 2.66. The van der Waals surface area contributed by atoms with Gasteiger partial charge in [0, 0.05) is 6.20 Å². The third kappa shape index (κ3) is 3.02. The van der Waals surface area contributed by atoms with Gasteiger partial charge in [-0.2, -0.15) is 0 Å². The van der Waals surface area contributed by atoms with Gasteiger partial charge in [-0.15, -0.1) is 10.2 Å². The van der Waals surface area contributed by atoms with E-state index < -0.39 is 0 Å². The Labute approximate surface area is 140 Å². The van der Waals surface area contributed by atoms with Crippen molar-refractivity contribution < 1.29 is 9.32 Å². The fraction of sp³-hybridized carbons (Fsp3) is 0.412. The Kier molecular flexibility index (Phi) is 4.33. The number of fused-ring (bicyclic) bond motifs is 1. The summed E-state index contributed by atoms with van der Waals surface area (Å²) in [5.41, 5.74) is 1.82. The average molecular weight is 327 g/mol. The summed E-state index contributed by atoms with van der Waals surface area (Å²) in [5.74, 6) is 1.42. The largest absolute Gasteiger partial charge is 0.361 e. The van der Waals surface area contributed by atoms with E-state index in [2.05, 4.69) is 34.5 Å². The van der Waals surface area contributed by atoms with Crippen LogP contribution < -0.4 is 5.32 Å². The van der Waals surface area contributed by atoms with Crippen molar-refractivity contribution >= 4 is 11.6 Å². The van der Waals surface area contributed by atoms with Crippen LogP contribution in [0.3, 0.4) is 0 Å². The van der Waals surface area contributed by atoms with Gasteiger partial charge in [0.2, 0.25) is 0 Å². The van der Waals surface area contributed by atoms with Crippen LogP contribution in [0.2, 0.25) is 0 Å². The van der Waals surface area contributed by atoms with E-state index in [1.54, 1.807) is 13.8 Å². The zero-order valence-electron chi connectivity index (χ0n) is 14.3. The molecule has 1 amide bonds. The van der Waals surface area contributed by atoms with Crippen LogP contribution in [0.4, 0.5) is 0 Å². The first-order chi connectivity index (χ1) is 11.5. The predicted octanol–water partition coefficient (Wildman–Crippen LogP) is 2.85. The Bertz CT molecular complexity index is 845. The molecule has 126 valence electrons. The molecule has 3 aromatic heterocycles. The number of hydrogen-bond donors (Lipinski definition) is 1. The Balaban J connectivity index is 1.94. The second-order valence-electron chi connectivity index (χ2n) is 6.34. The summed E-state index contributed by atoms with van der Waals surface area (Å²) in [4.78, 5) is 12.7. The van der Waals surface area contributed by atoms with Crippen LogP contribution in [0.1, 0.15) is 53.9 Å². The standard InChI is InChI=1S/C17H21N5O2/c1-10(2)9-13(16-20-19-14-7-5-6-8-22(14)16)18-17(23)15-11(3)21-24-12(15)4/h5-8,10,13H,9H2,1-4H3,(H,18,23)/t13-/m0/s1. The van der Waals surface area contributed by atoms with Gasteiger partial charge in [0.05, 0.1) is 11.7 Å². The van der Waals surface area contributed by atoms with E-state index in [1.165, 1.54) is 0 Å². The maximum atomic E-state index is 12.7. The SMILES string of the molecule is Cc1noc(C)c1C(=O)N[C@@H](CC(C)C)c1nnc2ccccn12. The third-order valence-corrected chi connectivity index (χ3v) is 3.92. The number of hydrogen-bond acceptors (Lipinski definition) is 5. The number of pyridine rings is 1. The number of rotatable bonds is 5. The Morgan fingerprint density at radius 1 is 1.29 bits per heavy atom. The maximum Gasteiger partial charge on any atom is 0.257 e. The van der Waals surface area contributed by atoms with Gasteiger partial charge in [-0.05, 0) is 38.3 Å². The molecule has 0 fully saturated rings. The van der Waals surface area contributed by atoms with E-state index in [0.29, 0.717) is 22.9 Å². The van der Waals surface area contributed by atoms with Crippen molar-refractivity contribution in [1.29, 1.82) is 0 Å². The fourth-order valence-electron chi connectivity index (χ4n) is 2.84. The van der Waals surface area contributed by atoms with Gasteiger partial charge in [0.15, 0.2) is 11.5 Å². The van der Waals surface area contributed by atoms with Gasteiger partial charge in [-0.1, -0.05) is 25.1 Å². The molecule has 0 aromatic carbocycles. The Morgan fingerprint density at radius 2 is 2.08 bits per heavy atom. The molecule has 0 saturated carbocycles. The minimum Gasteiger partial charge on any atom is -0.361 e. The molecule has 3 heterocycles. The lowest BCUT2D eigenvalue weighted by molar-refractivity contribution is 0.0927. The lowest BCUT2D eigenvalue weighted by atomic mass is 10.0. The molecule has 0 aliphatic rings. The van der Waals surface area contributed by atoms with Crippen molar-refractivity contribution in [2.75, 3.05) is 0 Å². The normalized spacial score (nSPS) is 12.7. The molecule has 1 N–H and O–H groups in total. The minimum absolute atomic E-state index is 0.204. The van der Waals surface area contributed by atoms with Crippen LogP contribution in [0, 0.1) is 19.8 Å². The van der Waals surface area contributed by atoms with Crippen LogP contribution >= 0.6 is 0 Å². The van der Waals surface area contributed by atoms with E-state index in [-0.39, 0.29) is 11.9 Å². The highest BCUT2D eigenvalue weighted by atomic mass is 16.5. The van der Waals surface area contributed by atoms with Gasteiger partial charge in [-0.25, -0.2) is 0 Å². The quantitative estimate of drug-likeness (QED) is 0.779. The number of carbonyl (C=O) groups excluding carboxylic acids is 1. The molecule has 3 aromatic rings. The number of amides is 1. The lowest BCUT2D eigenvalue weighted by Crippen LogP contribution is -2.31. The number of aromatic nitrogens is 4. The van der Waals surface area contributed by atoms with E-state index in [4.69, 9.17) is 4.52 Å². The molecule has 0 saturated heterocycles. The lowest BCUT2D eigenvalue weighted by Gasteiger charge is -2.19. The van der Waals surface area contributed by atoms with Crippen LogP contribution in [0.25, 0.3) is 5.65 Å². The van der Waals surface area contributed by atoms with E-state index in [9.17, 15) is 4.79 Å². The second-order valence-corrected chi connectivity index (χ2v) is 6.34. The summed E-state index contributed by atoms with van der Waals surface area (Å²) in [5, 5.41) is 15.4. The first kappa shape index (κ1) is 16.2. The van der Waals surface area contributed by atoms with E-state index >= 15 is 0 Å². The molecule has 0 spiro atoms. The molecule has 0 unspecified atom stereocenters. The molecule has 0 radical (unpaired) electrons. The molecule has 7 heteroatoms. The molecular formula is C17H21N5O2. The van der Waals surface area contributed by atoms with Gasteiger partial charge in [0.25, 0.3) is 5.91 Å². The number of aryl methyl sites for hydroxylation is 2. The van der Waals surface area contributed by atoms with Crippen molar-refractivity contribution in [2.24, 2.45) is 5.92 Å². The summed E-state index contributed by atoms with van der Waals surface area (Å²) in [7, 11) is 0. The van der Waals surface area contributed by atoms with Gasteiger partial charge < -0.3 is 9.84 Å². The molecule has 0 aliphatic heterocycles. The van der Waals surface area contributed by atoms with Crippen molar-refractivity contribution in [3.8, 4) is 0 Å². The molecule has 24 heavy (non-hydrogen) atoms. The van der Waals surface area contributed by atoms with Crippen molar-refractivity contribution in [2.45, 2.75) is 40.2 Å². The van der Waals surface area contributed by atoms with Crippen molar-refractivity contribution in [3.05, 3.63) is 47.2 Å². The zero-order chi connectivity index (χ0) is 17.3. The van der Waals surface area contributed by atoms with Gasteiger partial charge in [-0.3, -0.25) is 9.20 Å². The monoisotopic (exact) mass is 327 g/mol. The van der Waals surface area contributed by atoms with Gasteiger partial charge in [0.1, 0.15) is 11.3 Å². The number of carbonyl (C=O) groups is 1. The Morgan fingerprint density at radius 3 is 2.75 bits per heavy atom. The maximum absolute atomic E-state index is 12.7. The predicted molar refractivity (Wildman–Crippen MR) is 88.6 cm³/mol. The number of nitrogens with zero attached hydrogens (tertiary/aromatic N) is 4. The highest BCUT2D eigenvalue weighted by Crippen LogP contribution is 2.22. The van der Waals surface area contributed by atoms with Gasteiger partial charge >= 0.3 is 0 Å². The fourth-order valence-corrected chi connectivity index (χ4v) is 2.84. The highest BCUT2D eigenvalue weighted by Gasteiger charge is 2.25. The topological polar surface area (TPSA) is 85.3 Å². The first-order valence-corrected chi connectivity index (χ1v) is 8.00. The number of nitrogens with one attached hydrogen (secondary N) is 1. The van der Waals surface area contributed by atoms with Crippen molar-refractivity contribution in [1.82, 2.24) is 25.1 Å². The first-order valence-electron chi connectivity index (χ1n) is 8.00. The molecular weight excluding hydrogens is 306 g/mol. The van der Waals surface area contributed by atoms with E-state index in [1.807, 2.05) is 28.8 Å². The van der Waals surface area contributed by atoms with Crippen LogP contribution in [-0.4, -0.2) is 25.7 Å². The average Bonchev–Trinajstić information content (AvgIpc) is 3.09. The summed E-state index contributed by atoms with van der Waals surface area (Å²) in [6, 6.07) is 5.47. The molecule has 0 aliphatic carbocycles.